The average Bonchev–Trinajstić information content (AvgIpc) is 3.40. The molecule has 1 aliphatic rings. The second-order valence-corrected chi connectivity index (χ2v) is 9.05. The highest BCUT2D eigenvalue weighted by atomic mass is 19.4. The number of aryl methyl sites for hydroxylation is 2. The number of ether oxygens (including phenoxy) is 2. The summed E-state index contributed by atoms with van der Waals surface area (Å²) in [6.07, 6.45) is -1.60. The molecule has 38 heavy (non-hydrogen) atoms. The summed E-state index contributed by atoms with van der Waals surface area (Å²) in [5.74, 6) is -1.38. The molecule has 4 heterocycles. The zero-order chi connectivity index (χ0) is 27.0. The molecule has 1 saturated heterocycles. The quantitative estimate of drug-likeness (QED) is 0.360. The third-order valence-corrected chi connectivity index (χ3v) is 6.54. The molecule has 0 bridgehead atoms. The van der Waals surface area contributed by atoms with Gasteiger partial charge in [0, 0.05) is 66.2 Å². The molecule has 0 aliphatic carbocycles. The van der Waals surface area contributed by atoms with Gasteiger partial charge in [0.2, 0.25) is 0 Å². The van der Waals surface area contributed by atoms with Crippen LogP contribution < -0.4 is 4.74 Å². The van der Waals surface area contributed by atoms with Crippen LogP contribution in [-0.2, 0) is 11.3 Å². The Morgan fingerprint density at radius 2 is 1.89 bits per heavy atom. The number of benzene rings is 1. The van der Waals surface area contributed by atoms with Crippen LogP contribution in [0.25, 0.3) is 33.3 Å². The van der Waals surface area contributed by atoms with E-state index in [1.807, 2.05) is 10.6 Å². The zero-order valence-electron chi connectivity index (χ0n) is 20.7. The number of hydrogen-bond acceptors (Lipinski definition) is 7. The number of aromatic carboxylic acids is 1. The highest BCUT2D eigenvalue weighted by molar-refractivity contribution is 5.99. The number of aromatic nitrogens is 3. The molecule has 3 aromatic heterocycles. The smallest absolute Gasteiger partial charge is 0.478 e. The topological polar surface area (TPSA) is 103 Å². The summed E-state index contributed by atoms with van der Waals surface area (Å²) in [7, 11) is 0. The average molecular weight is 531 g/mol. The van der Waals surface area contributed by atoms with Gasteiger partial charge < -0.3 is 23.7 Å². The summed E-state index contributed by atoms with van der Waals surface area (Å²) in [4.78, 5) is 18.4. The number of carboxylic acids is 1. The van der Waals surface area contributed by atoms with Crippen molar-refractivity contribution in [3.63, 3.8) is 0 Å². The fraction of sp³-hybridized carbons (Fsp3) is 0.346. The molecule has 1 aliphatic heterocycles. The molecule has 12 heteroatoms. The van der Waals surface area contributed by atoms with E-state index < -0.39 is 18.1 Å². The van der Waals surface area contributed by atoms with Crippen molar-refractivity contribution in [2.45, 2.75) is 26.8 Å². The number of pyridine rings is 1. The Labute approximate surface area is 215 Å². The normalized spacial score (nSPS) is 14.8. The van der Waals surface area contributed by atoms with Crippen molar-refractivity contribution in [3.8, 4) is 28.0 Å². The lowest BCUT2D eigenvalue weighted by Gasteiger charge is -2.26. The minimum absolute atomic E-state index is 0.0974. The molecule has 1 N–H and O–H groups in total. The second-order valence-electron chi connectivity index (χ2n) is 9.05. The summed E-state index contributed by atoms with van der Waals surface area (Å²) >= 11 is 0. The van der Waals surface area contributed by atoms with E-state index in [1.54, 1.807) is 26.2 Å². The van der Waals surface area contributed by atoms with Gasteiger partial charge in [-0.15, -0.1) is 13.2 Å². The van der Waals surface area contributed by atoms with Gasteiger partial charge in [-0.3, -0.25) is 4.90 Å². The molecule has 0 amide bonds. The number of carbonyl (C=O) groups is 1. The Morgan fingerprint density at radius 3 is 2.55 bits per heavy atom. The predicted molar refractivity (Wildman–Crippen MR) is 131 cm³/mol. The van der Waals surface area contributed by atoms with Gasteiger partial charge in [0.15, 0.2) is 0 Å². The van der Waals surface area contributed by atoms with Crippen molar-refractivity contribution in [1.29, 1.82) is 0 Å². The van der Waals surface area contributed by atoms with Crippen LogP contribution in [0.1, 0.15) is 21.8 Å². The summed E-state index contributed by atoms with van der Waals surface area (Å²) in [5.41, 5.74) is 2.88. The Hall–Kier alpha value is -3.90. The minimum Gasteiger partial charge on any atom is -0.478 e. The van der Waals surface area contributed by atoms with Crippen molar-refractivity contribution >= 4 is 17.0 Å². The lowest BCUT2D eigenvalue weighted by molar-refractivity contribution is -0.274. The summed E-state index contributed by atoms with van der Waals surface area (Å²) in [6.45, 7) is 7.67. The van der Waals surface area contributed by atoms with E-state index in [-0.39, 0.29) is 11.1 Å². The predicted octanol–water partition coefficient (Wildman–Crippen LogP) is 4.90. The number of rotatable bonds is 7. The molecular formula is C26H25F3N4O5. The molecule has 0 atom stereocenters. The van der Waals surface area contributed by atoms with Crippen LogP contribution in [0.15, 0.2) is 41.2 Å². The molecule has 0 saturated carbocycles. The third-order valence-electron chi connectivity index (χ3n) is 6.54. The van der Waals surface area contributed by atoms with Crippen molar-refractivity contribution in [2.75, 3.05) is 32.8 Å². The second kappa shape index (κ2) is 10.1. The zero-order valence-corrected chi connectivity index (χ0v) is 20.7. The van der Waals surface area contributed by atoms with E-state index in [9.17, 15) is 23.1 Å². The SMILES string of the molecule is Cc1noc(C)c1-c1cnc2c(c1)c(-c1ccc(C(=O)O)cc1OC(F)(F)F)cn2CCN1CCOCC1. The molecule has 9 nitrogen and oxygen atoms in total. The van der Waals surface area contributed by atoms with Crippen LogP contribution in [0.2, 0.25) is 0 Å². The van der Waals surface area contributed by atoms with Crippen molar-refractivity contribution in [3.05, 3.63) is 53.7 Å². The molecular weight excluding hydrogens is 505 g/mol. The molecule has 0 spiro atoms. The van der Waals surface area contributed by atoms with Crippen LogP contribution in [0, 0.1) is 13.8 Å². The Balaban J connectivity index is 1.66. The first kappa shape index (κ1) is 25.7. The molecule has 200 valence electrons. The van der Waals surface area contributed by atoms with Crippen LogP contribution >= 0.6 is 0 Å². The Bertz CT molecular complexity index is 1470. The van der Waals surface area contributed by atoms with Crippen LogP contribution in [-0.4, -0.2) is 69.9 Å². The lowest BCUT2D eigenvalue weighted by atomic mass is 10.00. The van der Waals surface area contributed by atoms with Gasteiger partial charge in [-0.25, -0.2) is 9.78 Å². The standard InChI is InChI=1S/C26H25F3N4O5/c1-15-23(16(2)38-31-15)18-11-20-21(19-4-3-17(25(34)35)12-22(19)37-26(27,28)29)14-33(24(20)30-13-18)6-5-32-7-9-36-10-8-32/h3-4,11-14H,5-10H2,1-2H3,(H,34,35). The number of alkyl halides is 3. The molecule has 0 unspecified atom stereocenters. The Kier molecular flexibility index (Phi) is 6.84. The van der Waals surface area contributed by atoms with Crippen molar-refractivity contribution < 1.29 is 37.1 Å². The maximum Gasteiger partial charge on any atom is 0.573 e. The van der Waals surface area contributed by atoms with Gasteiger partial charge >= 0.3 is 12.3 Å². The van der Waals surface area contributed by atoms with Gasteiger partial charge in [-0.05, 0) is 38.1 Å². The largest absolute Gasteiger partial charge is 0.573 e. The summed E-state index contributed by atoms with van der Waals surface area (Å²) in [6, 6.07) is 5.29. The van der Waals surface area contributed by atoms with Crippen molar-refractivity contribution in [2.24, 2.45) is 0 Å². The third kappa shape index (κ3) is 5.22. The summed E-state index contributed by atoms with van der Waals surface area (Å²) < 4.78 is 56.9. The van der Waals surface area contributed by atoms with Crippen LogP contribution in [0.4, 0.5) is 13.2 Å². The van der Waals surface area contributed by atoms with E-state index in [0.29, 0.717) is 59.9 Å². The van der Waals surface area contributed by atoms with E-state index in [2.05, 4.69) is 19.8 Å². The number of halogens is 3. The maximum absolute atomic E-state index is 13.3. The maximum atomic E-state index is 13.3. The number of carboxylic acid groups (broad SMARTS) is 1. The number of hydrogen-bond donors (Lipinski definition) is 1. The van der Waals surface area contributed by atoms with Crippen LogP contribution in [0.5, 0.6) is 5.75 Å². The van der Waals surface area contributed by atoms with Gasteiger partial charge in [0.25, 0.3) is 0 Å². The molecule has 0 radical (unpaired) electrons. The highest BCUT2D eigenvalue weighted by Gasteiger charge is 2.33. The number of morpholine rings is 1. The van der Waals surface area contributed by atoms with Gasteiger partial charge in [0.1, 0.15) is 17.2 Å². The van der Waals surface area contributed by atoms with E-state index in [0.717, 1.165) is 24.7 Å². The first-order valence-electron chi connectivity index (χ1n) is 12.0. The van der Waals surface area contributed by atoms with Crippen molar-refractivity contribution in [1.82, 2.24) is 19.6 Å². The molecule has 4 aromatic rings. The van der Waals surface area contributed by atoms with E-state index in [4.69, 9.17) is 9.26 Å². The summed E-state index contributed by atoms with van der Waals surface area (Å²) in [5, 5.41) is 13.9. The first-order chi connectivity index (χ1) is 18.1. The van der Waals surface area contributed by atoms with Gasteiger partial charge in [-0.1, -0.05) is 5.16 Å². The fourth-order valence-corrected chi connectivity index (χ4v) is 4.75. The highest BCUT2D eigenvalue weighted by Crippen LogP contribution is 2.40. The number of nitrogens with zero attached hydrogens (tertiary/aromatic N) is 4. The molecule has 1 fully saturated rings. The monoisotopic (exact) mass is 530 g/mol. The number of fused-ring (bicyclic) bond motifs is 1. The van der Waals surface area contributed by atoms with E-state index >= 15 is 0 Å². The van der Waals surface area contributed by atoms with Gasteiger partial charge in [-0.2, -0.15) is 0 Å². The lowest BCUT2D eigenvalue weighted by Crippen LogP contribution is -2.38. The first-order valence-corrected chi connectivity index (χ1v) is 12.0. The van der Waals surface area contributed by atoms with Gasteiger partial charge in [0.05, 0.1) is 24.5 Å². The molecule has 1 aromatic carbocycles. The minimum atomic E-state index is -5.01. The Morgan fingerprint density at radius 1 is 1.13 bits per heavy atom. The van der Waals surface area contributed by atoms with E-state index in [1.165, 1.54) is 12.1 Å². The fourth-order valence-electron chi connectivity index (χ4n) is 4.75. The molecule has 5 rings (SSSR count). The van der Waals surface area contributed by atoms with Crippen LogP contribution in [0.3, 0.4) is 0 Å².